The zero-order valence-corrected chi connectivity index (χ0v) is 7.48. The first-order chi connectivity index (χ1) is 5.25. The van der Waals surface area contributed by atoms with Gasteiger partial charge >= 0.3 is 0 Å². The summed E-state index contributed by atoms with van der Waals surface area (Å²) in [6.07, 6.45) is 7.98. The van der Waals surface area contributed by atoms with E-state index >= 15 is 0 Å². The summed E-state index contributed by atoms with van der Waals surface area (Å²) in [7, 11) is 0. The summed E-state index contributed by atoms with van der Waals surface area (Å²) in [5, 5.41) is 0. The van der Waals surface area contributed by atoms with Crippen LogP contribution in [0.1, 0.15) is 33.1 Å². The molecular formula is C11H16. The molecule has 0 aromatic carbocycles. The maximum absolute atomic E-state index is 4.06. The molecule has 0 unspecified atom stereocenters. The van der Waals surface area contributed by atoms with Gasteiger partial charge in [-0.25, -0.2) is 0 Å². The molecule has 0 N–H and O–H groups in total. The van der Waals surface area contributed by atoms with Crippen molar-refractivity contribution >= 4 is 0 Å². The predicted octanol–water partition coefficient (Wildman–Crippen LogP) is 3.62. The fourth-order valence-corrected chi connectivity index (χ4v) is 1.56. The quantitative estimate of drug-likeness (QED) is 0.532. The van der Waals surface area contributed by atoms with E-state index in [2.05, 4.69) is 32.6 Å². The standard InChI is InChI=1S/C11H16/c1-4-6-11-9(2)7-5-8-10(11)3/h4,6H,2,5,7-8H2,1,3H3/b6-4-. The van der Waals surface area contributed by atoms with Crippen molar-refractivity contribution in [3.8, 4) is 0 Å². The molecule has 11 heavy (non-hydrogen) atoms. The molecule has 0 amide bonds. The molecule has 1 aliphatic rings. The second-order valence-corrected chi connectivity index (χ2v) is 3.15. The summed E-state index contributed by atoms with van der Waals surface area (Å²) < 4.78 is 0. The van der Waals surface area contributed by atoms with Gasteiger partial charge in [-0.2, -0.15) is 0 Å². The van der Waals surface area contributed by atoms with Gasteiger partial charge in [-0.05, 0) is 44.3 Å². The van der Waals surface area contributed by atoms with Crippen molar-refractivity contribution in [2.24, 2.45) is 0 Å². The highest BCUT2D eigenvalue weighted by Gasteiger charge is 2.09. The van der Waals surface area contributed by atoms with Crippen LogP contribution in [0.5, 0.6) is 0 Å². The predicted molar refractivity (Wildman–Crippen MR) is 50.5 cm³/mol. The third kappa shape index (κ3) is 1.83. The van der Waals surface area contributed by atoms with Gasteiger partial charge < -0.3 is 0 Å². The molecule has 60 valence electrons. The lowest BCUT2D eigenvalue weighted by atomic mass is 9.89. The van der Waals surface area contributed by atoms with Crippen molar-refractivity contribution in [3.63, 3.8) is 0 Å². The molecule has 0 aromatic rings. The molecule has 0 heteroatoms. The number of allylic oxidation sites excluding steroid dienone is 5. The van der Waals surface area contributed by atoms with Gasteiger partial charge in [0.05, 0.1) is 0 Å². The Hall–Kier alpha value is -0.780. The molecule has 0 aromatic heterocycles. The average Bonchev–Trinajstić information content (AvgIpc) is 1.97. The lowest BCUT2D eigenvalue weighted by Gasteiger charge is -2.17. The van der Waals surface area contributed by atoms with E-state index in [1.54, 1.807) is 0 Å². The van der Waals surface area contributed by atoms with Crippen molar-refractivity contribution in [2.45, 2.75) is 33.1 Å². The van der Waals surface area contributed by atoms with Gasteiger partial charge in [-0.15, -0.1) is 0 Å². The van der Waals surface area contributed by atoms with Gasteiger partial charge in [-0.1, -0.05) is 24.3 Å². The van der Waals surface area contributed by atoms with Crippen LogP contribution in [-0.2, 0) is 0 Å². The topological polar surface area (TPSA) is 0 Å². The van der Waals surface area contributed by atoms with Gasteiger partial charge in [0.25, 0.3) is 0 Å². The summed E-state index contributed by atoms with van der Waals surface area (Å²) in [6, 6.07) is 0. The molecule has 0 fully saturated rings. The van der Waals surface area contributed by atoms with Crippen LogP contribution in [0.2, 0.25) is 0 Å². The molecule has 0 heterocycles. The summed E-state index contributed by atoms with van der Waals surface area (Å²) in [6.45, 7) is 8.32. The third-order valence-electron chi connectivity index (χ3n) is 2.20. The fraction of sp³-hybridized carbons (Fsp3) is 0.455. The zero-order valence-electron chi connectivity index (χ0n) is 7.48. The highest BCUT2D eigenvalue weighted by Crippen LogP contribution is 2.28. The Morgan fingerprint density at radius 2 is 2.09 bits per heavy atom. The largest absolute Gasteiger partial charge is 0.0952 e. The van der Waals surface area contributed by atoms with Crippen molar-refractivity contribution in [3.05, 3.63) is 35.5 Å². The Bertz CT molecular complexity index is 216. The van der Waals surface area contributed by atoms with Crippen LogP contribution in [0, 0.1) is 0 Å². The van der Waals surface area contributed by atoms with Crippen molar-refractivity contribution in [1.82, 2.24) is 0 Å². The fourth-order valence-electron chi connectivity index (χ4n) is 1.56. The monoisotopic (exact) mass is 148 g/mol. The maximum atomic E-state index is 4.06. The van der Waals surface area contributed by atoms with Crippen LogP contribution >= 0.6 is 0 Å². The minimum absolute atomic E-state index is 1.18. The van der Waals surface area contributed by atoms with Crippen LogP contribution < -0.4 is 0 Å². The van der Waals surface area contributed by atoms with Gasteiger partial charge in [0, 0.05) is 0 Å². The highest BCUT2D eigenvalue weighted by molar-refractivity contribution is 5.43. The average molecular weight is 148 g/mol. The minimum atomic E-state index is 1.18. The zero-order chi connectivity index (χ0) is 8.27. The second kappa shape index (κ2) is 3.56. The lowest BCUT2D eigenvalue weighted by Crippen LogP contribution is -1.97. The van der Waals surface area contributed by atoms with Crippen molar-refractivity contribution in [1.29, 1.82) is 0 Å². The molecule has 0 spiro atoms. The molecular weight excluding hydrogens is 132 g/mol. The molecule has 0 atom stereocenters. The normalized spacial score (nSPS) is 20.0. The van der Waals surface area contributed by atoms with Crippen molar-refractivity contribution < 1.29 is 0 Å². The molecule has 0 nitrogen and oxygen atoms in total. The van der Waals surface area contributed by atoms with E-state index < -0.39 is 0 Å². The SMILES string of the molecule is C=C1CCCC(C)=C1/C=C\C. The Morgan fingerprint density at radius 3 is 2.64 bits per heavy atom. The van der Waals surface area contributed by atoms with E-state index in [4.69, 9.17) is 0 Å². The lowest BCUT2D eigenvalue weighted by molar-refractivity contribution is 0.773. The first-order valence-corrected chi connectivity index (χ1v) is 4.26. The van der Waals surface area contributed by atoms with Gasteiger partial charge in [0.1, 0.15) is 0 Å². The number of rotatable bonds is 1. The first-order valence-electron chi connectivity index (χ1n) is 4.26. The number of hydrogen-bond donors (Lipinski definition) is 0. The van der Waals surface area contributed by atoms with Crippen LogP contribution in [0.3, 0.4) is 0 Å². The van der Waals surface area contributed by atoms with Crippen molar-refractivity contribution in [2.75, 3.05) is 0 Å². The van der Waals surface area contributed by atoms with E-state index in [9.17, 15) is 0 Å². The van der Waals surface area contributed by atoms with E-state index in [1.807, 2.05) is 0 Å². The Kier molecular flexibility index (Phi) is 2.70. The van der Waals surface area contributed by atoms with E-state index in [-0.39, 0.29) is 0 Å². The van der Waals surface area contributed by atoms with Gasteiger partial charge in [-0.3, -0.25) is 0 Å². The Morgan fingerprint density at radius 1 is 1.36 bits per heavy atom. The summed E-state index contributed by atoms with van der Waals surface area (Å²) in [4.78, 5) is 0. The maximum Gasteiger partial charge on any atom is -0.0244 e. The Labute approximate surface area is 69.3 Å². The third-order valence-corrected chi connectivity index (χ3v) is 2.20. The van der Waals surface area contributed by atoms with Crippen LogP contribution in [0.4, 0.5) is 0 Å². The molecule has 1 rings (SSSR count). The van der Waals surface area contributed by atoms with E-state index in [0.717, 1.165) is 0 Å². The van der Waals surface area contributed by atoms with E-state index in [1.165, 1.54) is 36.0 Å². The van der Waals surface area contributed by atoms with Crippen LogP contribution in [0.15, 0.2) is 35.5 Å². The van der Waals surface area contributed by atoms with Crippen LogP contribution in [-0.4, -0.2) is 0 Å². The molecule has 0 aliphatic heterocycles. The molecule has 1 aliphatic carbocycles. The number of hydrogen-bond acceptors (Lipinski definition) is 0. The summed E-state index contributed by atoms with van der Waals surface area (Å²) in [5.41, 5.74) is 4.20. The molecule has 0 saturated heterocycles. The smallest absolute Gasteiger partial charge is 0.0244 e. The second-order valence-electron chi connectivity index (χ2n) is 3.15. The molecule has 0 saturated carbocycles. The summed E-state index contributed by atoms with van der Waals surface area (Å²) in [5.74, 6) is 0. The first kappa shape index (κ1) is 8.32. The summed E-state index contributed by atoms with van der Waals surface area (Å²) >= 11 is 0. The van der Waals surface area contributed by atoms with Gasteiger partial charge in [0.15, 0.2) is 0 Å². The molecule has 0 bridgehead atoms. The Balaban J connectivity index is 2.91. The van der Waals surface area contributed by atoms with Crippen LogP contribution in [0.25, 0.3) is 0 Å². The molecule has 0 radical (unpaired) electrons. The highest BCUT2D eigenvalue weighted by atomic mass is 14.1. The minimum Gasteiger partial charge on any atom is -0.0952 e. The van der Waals surface area contributed by atoms with Gasteiger partial charge in [0.2, 0.25) is 0 Å². The van der Waals surface area contributed by atoms with E-state index in [0.29, 0.717) is 0 Å².